The van der Waals surface area contributed by atoms with Gasteiger partial charge in [-0.3, -0.25) is 14.0 Å². The number of carbonyl (C=O) groups is 1. The number of hydrogen-bond donors (Lipinski definition) is 0. The molecule has 1 saturated heterocycles. The third kappa shape index (κ3) is 6.51. The van der Waals surface area contributed by atoms with Crippen molar-refractivity contribution < 1.29 is 9.53 Å². The normalized spacial score (nSPS) is 16.2. The number of rotatable bonds is 7. The van der Waals surface area contributed by atoms with Gasteiger partial charge in [0.05, 0.1) is 46.6 Å². The number of hydrogen-bond acceptors (Lipinski definition) is 7. The molecule has 0 N–H and O–H groups in total. The van der Waals surface area contributed by atoms with Gasteiger partial charge in [0.25, 0.3) is 0 Å². The van der Waals surface area contributed by atoms with E-state index in [0.29, 0.717) is 35.3 Å². The Morgan fingerprint density at radius 3 is 2.94 bits per heavy atom. The highest BCUT2D eigenvalue weighted by molar-refractivity contribution is 7.99. The minimum absolute atomic E-state index is 0.0570. The summed E-state index contributed by atoms with van der Waals surface area (Å²) in [6.45, 7) is 4.85. The molecule has 1 aliphatic heterocycles. The summed E-state index contributed by atoms with van der Waals surface area (Å²) in [7, 11) is 0. The van der Waals surface area contributed by atoms with E-state index in [1.165, 1.54) is 23.3 Å². The van der Waals surface area contributed by atoms with Gasteiger partial charge in [-0.05, 0) is 29.8 Å². The number of amides is 1. The number of morpholine rings is 1. The van der Waals surface area contributed by atoms with Gasteiger partial charge in [0.15, 0.2) is 4.34 Å². The van der Waals surface area contributed by atoms with Crippen molar-refractivity contribution in [1.82, 2.24) is 14.2 Å². The fraction of sp³-hybridized carbons (Fsp3) is 0.292. The van der Waals surface area contributed by atoms with Crippen molar-refractivity contribution in [2.24, 2.45) is 0 Å². The molecule has 0 spiro atoms. The van der Waals surface area contributed by atoms with Crippen molar-refractivity contribution >= 4 is 52.4 Å². The number of benzene rings is 2. The maximum absolute atomic E-state index is 12.4. The highest BCUT2D eigenvalue weighted by Gasteiger charge is 2.25. The van der Waals surface area contributed by atoms with Crippen LogP contribution in [0.3, 0.4) is 0 Å². The van der Waals surface area contributed by atoms with E-state index < -0.39 is 0 Å². The Labute approximate surface area is 217 Å². The summed E-state index contributed by atoms with van der Waals surface area (Å²) < 4.78 is 8.42. The number of carbonyl (C=O) groups excluding carboxylic acids is 1. The summed E-state index contributed by atoms with van der Waals surface area (Å²) in [5.74, 6) is -0.0570. The average Bonchev–Trinajstić information content (AvgIpc) is 3.30. The van der Waals surface area contributed by atoms with E-state index in [1.807, 2.05) is 41.8 Å². The zero-order valence-electron chi connectivity index (χ0n) is 18.4. The van der Waals surface area contributed by atoms with Crippen molar-refractivity contribution in [3.63, 3.8) is 0 Å². The van der Waals surface area contributed by atoms with Crippen molar-refractivity contribution in [2.75, 3.05) is 26.2 Å². The molecule has 0 bridgehead atoms. The van der Waals surface area contributed by atoms with Gasteiger partial charge < -0.3 is 4.74 Å². The Balaban J connectivity index is 1.38. The van der Waals surface area contributed by atoms with Crippen LogP contribution in [-0.4, -0.2) is 52.4 Å². The molecule has 4 rings (SSSR count). The molecule has 0 saturated carbocycles. The van der Waals surface area contributed by atoms with Crippen LogP contribution in [0.1, 0.15) is 18.1 Å². The molecule has 176 valence electrons. The van der Waals surface area contributed by atoms with Crippen LogP contribution in [0.2, 0.25) is 10.0 Å². The second-order valence-corrected chi connectivity index (χ2v) is 10.8. The molecule has 3 aromatic rings. The van der Waals surface area contributed by atoms with Crippen molar-refractivity contribution in [3.05, 3.63) is 69.0 Å². The second-order valence-electron chi connectivity index (χ2n) is 7.84. The highest BCUT2D eigenvalue weighted by Crippen LogP contribution is 2.31. The predicted octanol–water partition coefficient (Wildman–Crippen LogP) is 5.75. The fourth-order valence-corrected chi connectivity index (χ4v) is 5.78. The van der Waals surface area contributed by atoms with Crippen LogP contribution in [0.5, 0.6) is 0 Å². The first-order valence-electron chi connectivity index (χ1n) is 10.6. The SMILES string of the molecule is CC(=O)N(C[C@@H]1CN(Cc2ccc(Cl)c(Cl)c2)CCO1)Sc1nc(-c2cccc(C#N)c2)cs1. The number of thiazole rings is 1. The van der Waals surface area contributed by atoms with Gasteiger partial charge in [0.1, 0.15) is 0 Å². The predicted molar refractivity (Wildman–Crippen MR) is 137 cm³/mol. The standard InChI is InChI=1S/C24H22Cl2N4O2S2/c1-16(31)30(34-24-28-23(15-33-24)19-4-2-3-17(9-19)11-27)14-20-13-29(7-8-32-20)12-18-5-6-21(25)22(26)10-18/h2-6,9-10,15,20H,7-8,12-14H2,1H3/t20-/m0/s1. The Kier molecular flexibility index (Phi) is 8.48. The summed E-state index contributed by atoms with van der Waals surface area (Å²) in [6.07, 6.45) is -0.111. The van der Waals surface area contributed by atoms with Gasteiger partial charge >= 0.3 is 0 Å². The molecular weight excluding hydrogens is 511 g/mol. The second kappa shape index (κ2) is 11.5. The van der Waals surface area contributed by atoms with E-state index >= 15 is 0 Å². The quantitative estimate of drug-likeness (QED) is 0.361. The maximum Gasteiger partial charge on any atom is 0.229 e. The van der Waals surface area contributed by atoms with Crippen LogP contribution in [-0.2, 0) is 16.1 Å². The molecule has 2 heterocycles. The third-order valence-electron chi connectivity index (χ3n) is 5.29. The Morgan fingerprint density at radius 2 is 2.18 bits per heavy atom. The molecule has 0 unspecified atom stereocenters. The van der Waals surface area contributed by atoms with Gasteiger partial charge in [0, 0.05) is 49.4 Å². The molecule has 1 fully saturated rings. The van der Waals surface area contributed by atoms with E-state index in [0.717, 1.165) is 34.2 Å². The lowest BCUT2D eigenvalue weighted by Gasteiger charge is -2.35. The number of nitriles is 1. The topological polar surface area (TPSA) is 69.5 Å². The minimum atomic E-state index is -0.111. The van der Waals surface area contributed by atoms with E-state index in [-0.39, 0.29) is 12.0 Å². The molecule has 6 nitrogen and oxygen atoms in total. The summed E-state index contributed by atoms with van der Waals surface area (Å²) in [5.41, 5.74) is 3.34. The van der Waals surface area contributed by atoms with E-state index in [1.54, 1.807) is 17.3 Å². The van der Waals surface area contributed by atoms with Crippen molar-refractivity contribution in [2.45, 2.75) is 23.9 Å². The smallest absolute Gasteiger partial charge is 0.229 e. The van der Waals surface area contributed by atoms with Gasteiger partial charge in [-0.1, -0.05) is 41.4 Å². The lowest BCUT2D eigenvalue weighted by atomic mass is 10.1. The van der Waals surface area contributed by atoms with E-state index in [9.17, 15) is 4.79 Å². The molecule has 2 aromatic carbocycles. The number of aromatic nitrogens is 1. The lowest BCUT2D eigenvalue weighted by Crippen LogP contribution is -2.46. The molecule has 0 aliphatic carbocycles. The van der Waals surface area contributed by atoms with E-state index in [4.69, 9.17) is 33.2 Å². The van der Waals surface area contributed by atoms with Crippen LogP contribution in [0.4, 0.5) is 0 Å². The molecule has 10 heteroatoms. The largest absolute Gasteiger partial charge is 0.374 e. The third-order valence-corrected chi connectivity index (χ3v) is 8.05. The van der Waals surface area contributed by atoms with Crippen molar-refractivity contribution in [3.8, 4) is 17.3 Å². The lowest BCUT2D eigenvalue weighted by molar-refractivity contribution is -0.126. The molecule has 1 amide bonds. The van der Waals surface area contributed by atoms with E-state index in [2.05, 4.69) is 16.0 Å². The summed E-state index contributed by atoms with van der Waals surface area (Å²) in [6, 6.07) is 15.2. The maximum atomic E-state index is 12.4. The number of ether oxygens (including phenoxy) is 1. The highest BCUT2D eigenvalue weighted by atomic mass is 35.5. The first kappa shape index (κ1) is 25.0. The molecule has 1 aliphatic rings. The molecule has 1 atom stereocenters. The fourth-order valence-electron chi connectivity index (χ4n) is 3.62. The Bertz CT molecular complexity index is 1210. The van der Waals surface area contributed by atoms with Gasteiger partial charge in [-0.2, -0.15) is 5.26 Å². The Morgan fingerprint density at radius 1 is 1.32 bits per heavy atom. The van der Waals surface area contributed by atoms with Gasteiger partial charge in [0.2, 0.25) is 5.91 Å². The van der Waals surface area contributed by atoms with Gasteiger partial charge in [-0.25, -0.2) is 4.98 Å². The number of nitrogens with zero attached hydrogens (tertiary/aromatic N) is 4. The molecule has 0 radical (unpaired) electrons. The van der Waals surface area contributed by atoms with Crippen LogP contribution in [0.15, 0.2) is 52.2 Å². The van der Waals surface area contributed by atoms with Crippen molar-refractivity contribution in [1.29, 1.82) is 5.26 Å². The molecule has 1 aromatic heterocycles. The molecular formula is C24H22Cl2N4O2S2. The van der Waals surface area contributed by atoms with Crippen LogP contribution < -0.4 is 0 Å². The average molecular weight is 534 g/mol. The summed E-state index contributed by atoms with van der Waals surface area (Å²) >= 11 is 15.0. The zero-order valence-corrected chi connectivity index (χ0v) is 21.6. The monoisotopic (exact) mass is 532 g/mol. The van der Waals surface area contributed by atoms with Crippen LogP contribution in [0.25, 0.3) is 11.3 Å². The minimum Gasteiger partial charge on any atom is -0.374 e. The molecule has 34 heavy (non-hydrogen) atoms. The van der Waals surface area contributed by atoms with Gasteiger partial charge in [-0.15, -0.1) is 11.3 Å². The first-order chi connectivity index (χ1) is 16.4. The summed E-state index contributed by atoms with van der Waals surface area (Å²) in [4.78, 5) is 19.3. The number of halogens is 2. The summed E-state index contributed by atoms with van der Waals surface area (Å²) in [5, 5.41) is 12.2. The van der Waals surface area contributed by atoms with Crippen LogP contribution >= 0.6 is 46.5 Å². The Hall–Kier alpha value is -2.12. The van der Waals surface area contributed by atoms with Crippen LogP contribution in [0, 0.1) is 11.3 Å². The first-order valence-corrected chi connectivity index (χ1v) is 13.0. The zero-order chi connectivity index (χ0) is 24.1.